The van der Waals surface area contributed by atoms with E-state index < -0.39 is 0 Å². The average Bonchev–Trinajstić information content (AvgIpc) is 3.22. The van der Waals surface area contributed by atoms with Gasteiger partial charge in [0.1, 0.15) is 5.75 Å². The minimum absolute atomic E-state index is 0.408. The van der Waals surface area contributed by atoms with E-state index in [1.165, 1.54) is 22.6 Å². The molecular formula is C17H19N2OS2. The Balaban J connectivity index is 1.85. The Morgan fingerprint density at radius 1 is 1.32 bits per heavy atom. The Hall–Kier alpha value is -1.46. The number of aromatic nitrogens is 1. The lowest BCUT2D eigenvalue weighted by Gasteiger charge is -2.24. The molecule has 22 heavy (non-hydrogen) atoms. The molecule has 3 rings (SSSR count). The van der Waals surface area contributed by atoms with Crippen LogP contribution in [0, 0.1) is 6.20 Å². The van der Waals surface area contributed by atoms with Crippen LogP contribution in [0.4, 0.5) is 5.69 Å². The molecule has 0 bridgehead atoms. The van der Waals surface area contributed by atoms with Gasteiger partial charge in [0, 0.05) is 11.9 Å². The third-order valence-electron chi connectivity index (χ3n) is 3.58. The molecule has 3 nitrogen and oxygen atoms in total. The molecule has 1 aromatic carbocycles. The summed E-state index contributed by atoms with van der Waals surface area (Å²) in [5.74, 6) is 0.882. The molecular weight excluding hydrogens is 312 g/mol. The third kappa shape index (κ3) is 3.31. The van der Waals surface area contributed by atoms with E-state index in [0.29, 0.717) is 5.37 Å². The number of nitrogens with zero attached hydrogens (tertiary/aromatic N) is 2. The van der Waals surface area contributed by atoms with E-state index in [4.69, 9.17) is 4.74 Å². The van der Waals surface area contributed by atoms with Crippen molar-refractivity contribution in [1.82, 2.24) is 4.98 Å². The van der Waals surface area contributed by atoms with Crippen LogP contribution in [0.1, 0.15) is 31.1 Å². The van der Waals surface area contributed by atoms with Crippen molar-refractivity contribution < 1.29 is 4.74 Å². The standard InChI is InChI=1S/C17H19N2OS2/c1-3-4-5-17-19(13-6-8-14(20-2)9-7-13)11-16(22-17)15-10-18-12-21-15/h6-10,12,17H,3-5H2,1-2H3. The molecule has 0 amide bonds. The number of hydrogen-bond donors (Lipinski definition) is 0. The molecule has 1 atom stereocenters. The van der Waals surface area contributed by atoms with E-state index in [1.54, 1.807) is 18.4 Å². The Morgan fingerprint density at radius 2 is 2.14 bits per heavy atom. The fraction of sp³-hybridized carbons (Fsp3) is 0.353. The van der Waals surface area contributed by atoms with Crippen molar-refractivity contribution in [1.29, 1.82) is 0 Å². The second kappa shape index (κ2) is 7.20. The molecule has 1 radical (unpaired) electrons. The van der Waals surface area contributed by atoms with Crippen molar-refractivity contribution in [2.24, 2.45) is 0 Å². The van der Waals surface area contributed by atoms with Crippen LogP contribution in [0.2, 0.25) is 0 Å². The summed E-state index contributed by atoms with van der Waals surface area (Å²) in [4.78, 5) is 8.83. The summed E-state index contributed by atoms with van der Waals surface area (Å²) in [6.07, 6.45) is 9.06. The Kier molecular flexibility index (Phi) is 5.05. The smallest absolute Gasteiger partial charge is 0.119 e. The molecule has 1 aliphatic heterocycles. The first-order valence-electron chi connectivity index (χ1n) is 7.44. The number of unbranched alkanes of at least 4 members (excludes halogenated alkanes) is 1. The van der Waals surface area contributed by atoms with Crippen molar-refractivity contribution in [3.63, 3.8) is 0 Å². The first-order chi connectivity index (χ1) is 10.8. The van der Waals surface area contributed by atoms with Gasteiger partial charge >= 0.3 is 0 Å². The number of hydrogen-bond acceptors (Lipinski definition) is 5. The minimum Gasteiger partial charge on any atom is -0.497 e. The van der Waals surface area contributed by atoms with Gasteiger partial charge in [-0.15, -0.1) is 11.3 Å². The number of ether oxygens (including phenoxy) is 1. The van der Waals surface area contributed by atoms with Crippen LogP contribution < -0.4 is 9.64 Å². The SMILES string of the molecule is CCCCC1SC(c2cncs2)=[C]N1c1ccc(OC)cc1. The molecule has 1 aliphatic rings. The van der Waals surface area contributed by atoms with E-state index in [9.17, 15) is 0 Å². The zero-order chi connectivity index (χ0) is 15.4. The lowest BCUT2D eigenvalue weighted by molar-refractivity contribution is 0.415. The maximum Gasteiger partial charge on any atom is 0.119 e. The summed E-state index contributed by atoms with van der Waals surface area (Å²) in [5, 5.41) is 0.408. The topological polar surface area (TPSA) is 25.4 Å². The van der Waals surface area contributed by atoms with Crippen LogP contribution in [0.3, 0.4) is 0 Å². The van der Waals surface area contributed by atoms with Crippen LogP contribution >= 0.6 is 23.1 Å². The molecule has 1 aromatic heterocycles. The lowest BCUT2D eigenvalue weighted by atomic mass is 10.2. The summed E-state index contributed by atoms with van der Waals surface area (Å²) >= 11 is 3.56. The molecule has 0 saturated carbocycles. The lowest BCUT2D eigenvalue weighted by Crippen LogP contribution is -2.24. The predicted molar refractivity (Wildman–Crippen MR) is 95.1 cm³/mol. The molecule has 115 valence electrons. The van der Waals surface area contributed by atoms with Gasteiger partial charge in [-0.2, -0.15) is 0 Å². The van der Waals surface area contributed by atoms with Crippen LogP contribution in [0.5, 0.6) is 5.75 Å². The third-order valence-corrected chi connectivity index (χ3v) is 5.76. The number of rotatable bonds is 6. The van der Waals surface area contributed by atoms with Crippen molar-refractivity contribution in [2.45, 2.75) is 31.6 Å². The molecule has 2 heterocycles. The fourth-order valence-electron chi connectivity index (χ4n) is 2.38. The summed E-state index contributed by atoms with van der Waals surface area (Å²) in [6.45, 7) is 2.23. The number of thiazole rings is 1. The van der Waals surface area contributed by atoms with Gasteiger partial charge in [-0.05, 0) is 30.7 Å². The monoisotopic (exact) mass is 331 g/mol. The van der Waals surface area contributed by atoms with Gasteiger partial charge in [-0.1, -0.05) is 31.5 Å². The fourth-order valence-corrected chi connectivity index (χ4v) is 4.33. The van der Waals surface area contributed by atoms with Gasteiger partial charge in [0.05, 0.1) is 34.0 Å². The van der Waals surface area contributed by atoms with Crippen LogP contribution in [0.25, 0.3) is 4.91 Å². The van der Waals surface area contributed by atoms with Gasteiger partial charge in [0.15, 0.2) is 0 Å². The number of anilines is 1. The molecule has 1 unspecified atom stereocenters. The molecule has 0 aliphatic carbocycles. The summed E-state index contributed by atoms with van der Waals surface area (Å²) in [6, 6.07) is 8.20. The van der Waals surface area contributed by atoms with Crippen LogP contribution in [-0.2, 0) is 0 Å². The first kappa shape index (κ1) is 15.4. The number of benzene rings is 1. The zero-order valence-corrected chi connectivity index (χ0v) is 14.4. The molecule has 5 heteroatoms. The van der Waals surface area contributed by atoms with Gasteiger partial charge in [-0.25, -0.2) is 0 Å². The quantitative estimate of drug-likeness (QED) is 0.742. The van der Waals surface area contributed by atoms with Crippen molar-refractivity contribution >= 4 is 33.7 Å². The second-order valence-electron chi connectivity index (χ2n) is 5.09. The molecule has 0 fully saturated rings. The van der Waals surface area contributed by atoms with E-state index in [2.05, 4.69) is 35.1 Å². The largest absolute Gasteiger partial charge is 0.497 e. The second-order valence-corrected chi connectivity index (χ2v) is 7.16. The normalized spacial score (nSPS) is 17.6. The van der Waals surface area contributed by atoms with Gasteiger partial charge in [0.25, 0.3) is 0 Å². The van der Waals surface area contributed by atoms with Crippen LogP contribution in [0.15, 0.2) is 36.0 Å². The average molecular weight is 331 g/mol. The van der Waals surface area contributed by atoms with Gasteiger partial charge in [0.2, 0.25) is 0 Å². The highest BCUT2D eigenvalue weighted by atomic mass is 32.2. The Labute approximate surface area is 140 Å². The molecule has 0 saturated heterocycles. The van der Waals surface area contributed by atoms with Crippen molar-refractivity contribution in [2.75, 3.05) is 12.0 Å². The molecule has 0 N–H and O–H groups in total. The molecule has 0 spiro atoms. The summed E-state index contributed by atoms with van der Waals surface area (Å²) in [5.41, 5.74) is 3.04. The van der Waals surface area contributed by atoms with Gasteiger partial charge < -0.3 is 9.64 Å². The van der Waals surface area contributed by atoms with Crippen molar-refractivity contribution in [3.8, 4) is 5.75 Å². The van der Waals surface area contributed by atoms with E-state index in [0.717, 1.165) is 17.9 Å². The predicted octanol–water partition coefficient (Wildman–Crippen LogP) is 5.02. The van der Waals surface area contributed by atoms with E-state index in [-0.39, 0.29) is 0 Å². The molecule has 2 aromatic rings. The highest BCUT2D eigenvalue weighted by Crippen LogP contribution is 2.44. The zero-order valence-electron chi connectivity index (χ0n) is 12.8. The highest BCUT2D eigenvalue weighted by Gasteiger charge is 2.28. The Bertz CT molecular complexity index is 623. The highest BCUT2D eigenvalue weighted by molar-refractivity contribution is 8.09. The maximum atomic E-state index is 5.25. The van der Waals surface area contributed by atoms with Crippen molar-refractivity contribution in [3.05, 3.63) is 47.0 Å². The maximum absolute atomic E-state index is 5.25. The van der Waals surface area contributed by atoms with Crippen LogP contribution in [-0.4, -0.2) is 17.5 Å². The van der Waals surface area contributed by atoms with E-state index >= 15 is 0 Å². The Morgan fingerprint density at radius 3 is 2.77 bits per heavy atom. The number of methoxy groups -OCH3 is 1. The number of thioether (sulfide) groups is 1. The van der Waals surface area contributed by atoms with Gasteiger partial charge in [-0.3, -0.25) is 4.98 Å². The minimum atomic E-state index is 0.408. The van der Waals surface area contributed by atoms with E-state index in [1.807, 2.05) is 35.6 Å². The summed E-state index contributed by atoms with van der Waals surface area (Å²) < 4.78 is 5.25. The first-order valence-corrected chi connectivity index (χ1v) is 9.20. The summed E-state index contributed by atoms with van der Waals surface area (Å²) in [7, 11) is 1.69.